The minimum atomic E-state index is -0.658. The first-order valence-corrected chi connectivity index (χ1v) is 10.5. The molecule has 1 saturated heterocycles. The fraction of sp³-hybridized carbons (Fsp3) is 0.360. The van der Waals surface area contributed by atoms with E-state index in [0.717, 1.165) is 17.5 Å². The molecule has 164 valence electrons. The average molecular weight is 423 g/mol. The number of methoxy groups -OCH3 is 1. The maximum absolute atomic E-state index is 13.0. The summed E-state index contributed by atoms with van der Waals surface area (Å²) in [4.78, 5) is 29.5. The van der Waals surface area contributed by atoms with Gasteiger partial charge >= 0.3 is 0 Å². The van der Waals surface area contributed by atoms with E-state index < -0.39 is 17.7 Å². The lowest BCUT2D eigenvalue weighted by Gasteiger charge is -2.26. The summed E-state index contributed by atoms with van der Waals surface area (Å²) in [6, 6.07) is 12.4. The third-order valence-electron chi connectivity index (χ3n) is 5.70. The molecule has 0 aromatic heterocycles. The smallest absolute Gasteiger partial charge is 0.295 e. The van der Waals surface area contributed by atoms with E-state index >= 15 is 0 Å². The van der Waals surface area contributed by atoms with Gasteiger partial charge in [-0.05, 0) is 62.3 Å². The molecule has 0 radical (unpaired) electrons. The van der Waals surface area contributed by atoms with Crippen LogP contribution < -0.4 is 4.74 Å². The Kier molecular flexibility index (Phi) is 6.81. The van der Waals surface area contributed by atoms with Crippen LogP contribution in [0.15, 0.2) is 48.0 Å². The van der Waals surface area contributed by atoms with Gasteiger partial charge in [-0.1, -0.05) is 31.2 Å². The van der Waals surface area contributed by atoms with Crippen molar-refractivity contribution in [2.45, 2.75) is 26.3 Å². The molecule has 1 atom stereocenters. The molecular weight excluding hydrogens is 392 g/mol. The Morgan fingerprint density at radius 1 is 1.13 bits per heavy atom. The van der Waals surface area contributed by atoms with Gasteiger partial charge in [0, 0.05) is 18.7 Å². The number of amides is 1. The zero-order chi connectivity index (χ0) is 22.7. The molecule has 1 heterocycles. The minimum absolute atomic E-state index is 0.123. The van der Waals surface area contributed by atoms with Crippen LogP contribution in [0.1, 0.15) is 35.2 Å². The first-order chi connectivity index (χ1) is 14.8. The van der Waals surface area contributed by atoms with Crippen molar-refractivity contribution in [2.24, 2.45) is 0 Å². The molecule has 0 unspecified atom stereocenters. The number of rotatable bonds is 7. The van der Waals surface area contributed by atoms with Crippen molar-refractivity contribution in [3.05, 3.63) is 70.3 Å². The van der Waals surface area contributed by atoms with Crippen LogP contribution in [0, 0.1) is 6.92 Å². The lowest BCUT2D eigenvalue weighted by Crippen LogP contribution is -2.35. The SMILES string of the molecule is CCc1ccc([C@@H]2C(=C(O)c3ccc(OC)c(C)c3)C(=O)C(=O)N2CCN(C)C)cc1. The summed E-state index contributed by atoms with van der Waals surface area (Å²) in [5.74, 6) is -0.719. The maximum atomic E-state index is 13.0. The molecule has 0 aliphatic carbocycles. The number of nitrogens with zero attached hydrogens (tertiary/aromatic N) is 2. The van der Waals surface area contributed by atoms with Crippen molar-refractivity contribution in [1.29, 1.82) is 0 Å². The molecule has 3 rings (SSSR count). The van der Waals surface area contributed by atoms with Crippen molar-refractivity contribution >= 4 is 17.4 Å². The van der Waals surface area contributed by atoms with Crippen LogP contribution in [-0.4, -0.2) is 60.9 Å². The number of hydrogen-bond donors (Lipinski definition) is 1. The highest BCUT2D eigenvalue weighted by atomic mass is 16.5. The summed E-state index contributed by atoms with van der Waals surface area (Å²) in [5, 5.41) is 11.2. The summed E-state index contributed by atoms with van der Waals surface area (Å²) in [6.45, 7) is 4.94. The van der Waals surface area contributed by atoms with Gasteiger partial charge in [0.1, 0.15) is 11.5 Å². The van der Waals surface area contributed by atoms with Gasteiger partial charge in [0.25, 0.3) is 11.7 Å². The zero-order valence-corrected chi connectivity index (χ0v) is 18.8. The number of benzene rings is 2. The number of carbonyl (C=O) groups excluding carboxylic acids is 2. The lowest BCUT2D eigenvalue weighted by molar-refractivity contribution is -0.140. The van der Waals surface area contributed by atoms with Crippen LogP contribution in [-0.2, 0) is 16.0 Å². The molecule has 0 bridgehead atoms. The van der Waals surface area contributed by atoms with Crippen molar-refractivity contribution in [3.63, 3.8) is 0 Å². The van der Waals surface area contributed by atoms with E-state index in [-0.39, 0.29) is 11.3 Å². The van der Waals surface area contributed by atoms with Crippen LogP contribution in [0.3, 0.4) is 0 Å². The molecule has 0 spiro atoms. The Balaban J connectivity index is 2.14. The van der Waals surface area contributed by atoms with Crippen molar-refractivity contribution in [2.75, 3.05) is 34.3 Å². The fourth-order valence-electron chi connectivity index (χ4n) is 3.88. The predicted octanol–water partition coefficient (Wildman–Crippen LogP) is 3.55. The number of ketones is 1. The van der Waals surface area contributed by atoms with Crippen LogP contribution >= 0.6 is 0 Å². The standard InChI is InChI=1S/C25H30N2O4/c1-6-17-7-9-18(10-8-17)22-21(24(29)25(30)27(22)14-13-26(3)4)23(28)19-11-12-20(31-5)16(2)15-19/h7-12,15,22,28H,6,13-14H2,1-5H3/t22-/m1/s1. The number of aryl methyl sites for hydroxylation is 2. The van der Waals surface area contributed by atoms with E-state index in [0.29, 0.717) is 24.4 Å². The predicted molar refractivity (Wildman–Crippen MR) is 121 cm³/mol. The summed E-state index contributed by atoms with van der Waals surface area (Å²) in [5.41, 5.74) is 3.41. The maximum Gasteiger partial charge on any atom is 0.295 e. The second-order valence-corrected chi connectivity index (χ2v) is 8.08. The highest BCUT2D eigenvalue weighted by molar-refractivity contribution is 6.46. The number of Topliss-reactive ketones (excluding diaryl/α,β-unsaturated/α-hetero) is 1. The number of carbonyl (C=O) groups is 2. The normalized spacial score (nSPS) is 18.1. The first kappa shape index (κ1) is 22.6. The van der Waals surface area contributed by atoms with E-state index in [2.05, 4.69) is 6.92 Å². The van der Waals surface area contributed by atoms with E-state index in [1.54, 1.807) is 30.2 Å². The number of aliphatic hydroxyl groups excluding tert-OH is 1. The van der Waals surface area contributed by atoms with Crippen LogP contribution in [0.5, 0.6) is 5.75 Å². The molecule has 2 aromatic carbocycles. The van der Waals surface area contributed by atoms with Gasteiger partial charge in [-0.3, -0.25) is 9.59 Å². The Labute approximate surface area is 183 Å². The third kappa shape index (κ3) is 4.49. The minimum Gasteiger partial charge on any atom is -0.507 e. The number of aliphatic hydroxyl groups is 1. The Morgan fingerprint density at radius 3 is 2.35 bits per heavy atom. The van der Waals surface area contributed by atoms with Gasteiger partial charge in [0.05, 0.1) is 18.7 Å². The molecule has 0 saturated carbocycles. The third-order valence-corrected chi connectivity index (χ3v) is 5.70. The topological polar surface area (TPSA) is 70.1 Å². The van der Waals surface area contributed by atoms with Gasteiger partial charge in [-0.25, -0.2) is 0 Å². The average Bonchev–Trinajstić information content (AvgIpc) is 3.01. The summed E-state index contributed by atoms with van der Waals surface area (Å²) < 4.78 is 5.30. The van der Waals surface area contributed by atoms with Gasteiger partial charge in [0.2, 0.25) is 0 Å². The van der Waals surface area contributed by atoms with Gasteiger partial charge in [-0.15, -0.1) is 0 Å². The molecule has 1 amide bonds. The Hall–Kier alpha value is -3.12. The fourth-order valence-corrected chi connectivity index (χ4v) is 3.88. The number of likely N-dealkylation sites (N-methyl/N-ethyl adjacent to an activating group) is 1. The molecule has 6 nitrogen and oxygen atoms in total. The molecule has 1 N–H and O–H groups in total. The van der Waals surface area contributed by atoms with Crippen LogP contribution in [0.25, 0.3) is 5.76 Å². The quantitative estimate of drug-likeness (QED) is 0.420. The highest BCUT2D eigenvalue weighted by Crippen LogP contribution is 2.39. The largest absolute Gasteiger partial charge is 0.507 e. The Bertz CT molecular complexity index is 1010. The van der Waals surface area contributed by atoms with E-state index in [1.807, 2.05) is 50.2 Å². The Morgan fingerprint density at radius 2 is 1.81 bits per heavy atom. The number of hydrogen-bond acceptors (Lipinski definition) is 5. The van der Waals surface area contributed by atoms with Gasteiger partial charge in [-0.2, -0.15) is 0 Å². The van der Waals surface area contributed by atoms with Crippen LogP contribution in [0.4, 0.5) is 0 Å². The second-order valence-electron chi connectivity index (χ2n) is 8.08. The van der Waals surface area contributed by atoms with Crippen LogP contribution in [0.2, 0.25) is 0 Å². The van der Waals surface area contributed by atoms with E-state index in [1.165, 1.54) is 5.56 Å². The number of likely N-dealkylation sites (tertiary alicyclic amines) is 1. The van der Waals surface area contributed by atoms with Crippen molar-refractivity contribution < 1.29 is 19.4 Å². The molecule has 6 heteroatoms. The molecule has 2 aromatic rings. The molecule has 31 heavy (non-hydrogen) atoms. The molecular formula is C25H30N2O4. The monoisotopic (exact) mass is 422 g/mol. The van der Waals surface area contributed by atoms with E-state index in [9.17, 15) is 14.7 Å². The van der Waals surface area contributed by atoms with Crippen molar-refractivity contribution in [1.82, 2.24) is 9.80 Å². The van der Waals surface area contributed by atoms with Crippen molar-refractivity contribution in [3.8, 4) is 5.75 Å². The first-order valence-electron chi connectivity index (χ1n) is 10.5. The van der Waals surface area contributed by atoms with E-state index in [4.69, 9.17) is 4.74 Å². The molecule has 1 aliphatic rings. The second kappa shape index (κ2) is 9.35. The summed E-state index contributed by atoms with van der Waals surface area (Å²) >= 11 is 0. The zero-order valence-electron chi connectivity index (χ0n) is 18.8. The van der Waals surface area contributed by atoms with Gasteiger partial charge in [0.15, 0.2) is 0 Å². The number of ether oxygens (including phenoxy) is 1. The van der Waals surface area contributed by atoms with Gasteiger partial charge < -0.3 is 19.6 Å². The molecule has 1 aliphatic heterocycles. The highest BCUT2D eigenvalue weighted by Gasteiger charge is 2.45. The molecule has 1 fully saturated rings. The summed E-state index contributed by atoms with van der Waals surface area (Å²) in [6.07, 6.45) is 0.895. The summed E-state index contributed by atoms with van der Waals surface area (Å²) in [7, 11) is 5.42. The lowest BCUT2D eigenvalue weighted by atomic mass is 9.94.